The third-order valence-corrected chi connectivity index (χ3v) is 5.07. The van der Waals surface area contributed by atoms with Crippen molar-refractivity contribution in [2.24, 2.45) is 0 Å². The van der Waals surface area contributed by atoms with Gasteiger partial charge < -0.3 is 9.73 Å². The molecule has 1 amide bonds. The SMILES string of the molecule is Cc1ccc2c(C)c(C(=O)NCc3nc4ccccc4s3)oc2c1. The highest BCUT2D eigenvalue weighted by Gasteiger charge is 2.17. The third kappa shape index (κ3) is 2.57. The molecule has 2 heterocycles. The van der Waals surface area contributed by atoms with Gasteiger partial charge in [-0.25, -0.2) is 4.98 Å². The van der Waals surface area contributed by atoms with Gasteiger partial charge >= 0.3 is 0 Å². The van der Waals surface area contributed by atoms with E-state index in [-0.39, 0.29) is 5.91 Å². The predicted octanol–water partition coefficient (Wildman–Crippen LogP) is 4.59. The molecule has 0 aliphatic carbocycles. The Bertz CT molecular complexity index is 1030. The van der Waals surface area contributed by atoms with Gasteiger partial charge in [-0.3, -0.25) is 4.79 Å². The van der Waals surface area contributed by atoms with Crippen LogP contribution in [0.4, 0.5) is 0 Å². The summed E-state index contributed by atoms with van der Waals surface area (Å²) in [6.07, 6.45) is 0. The van der Waals surface area contributed by atoms with Crippen LogP contribution in [-0.4, -0.2) is 10.9 Å². The molecule has 4 rings (SSSR count). The molecule has 0 fully saturated rings. The molecule has 0 saturated heterocycles. The van der Waals surface area contributed by atoms with E-state index in [0.717, 1.165) is 37.3 Å². The van der Waals surface area contributed by atoms with Gasteiger partial charge in [-0.1, -0.05) is 24.3 Å². The number of nitrogens with zero attached hydrogens (tertiary/aromatic N) is 1. The number of benzene rings is 2. The van der Waals surface area contributed by atoms with E-state index in [1.54, 1.807) is 11.3 Å². The highest BCUT2D eigenvalue weighted by molar-refractivity contribution is 7.18. The van der Waals surface area contributed by atoms with Gasteiger partial charge in [0, 0.05) is 10.9 Å². The first-order valence-corrected chi connectivity index (χ1v) is 8.56. The Morgan fingerprint density at radius 3 is 2.88 bits per heavy atom. The molecule has 0 saturated carbocycles. The van der Waals surface area contributed by atoms with Crippen LogP contribution in [-0.2, 0) is 6.54 Å². The lowest BCUT2D eigenvalue weighted by Crippen LogP contribution is -2.22. The van der Waals surface area contributed by atoms with Crippen LogP contribution in [0.25, 0.3) is 21.2 Å². The Morgan fingerprint density at radius 1 is 1.21 bits per heavy atom. The molecule has 4 aromatic rings. The van der Waals surface area contributed by atoms with Gasteiger partial charge in [0.25, 0.3) is 5.91 Å². The Morgan fingerprint density at radius 2 is 2.04 bits per heavy atom. The topological polar surface area (TPSA) is 55.1 Å². The van der Waals surface area contributed by atoms with E-state index < -0.39 is 0 Å². The van der Waals surface area contributed by atoms with Crippen molar-refractivity contribution in [3.8, 4) is 0 Å². The minimum atomic E-state index is -0.208. The van der Waals surface area contributed by atoms with Crippen LogP contribution >= 0.6 is 11.3 Å². The van der Waals surface area contributed by atoms with E-state index in [1.807, 2.05) is 56.3 Å². The number of hydrogen-bond acceptors (Lipinski definition) is 4. The van der Waals surface area contributed by atoms with Gasteiger partial charge in [0.05, 0.1) is 16.8 Å². The smallest absolute Gasteiger partial charge is 0.287 e. The molecule has 0 bridgehead atoms. The van der Waals surface area contributed by atoms with Crippen LogP contribution in [0.15, 0.2) is 46.9 Å². The number of aryl methyl sites for hydroxylation is 2. The highest BCUT2D eigenvalue weighted by atomic mass is 32.1. The van der Waals surface area contributed by atoms with Crippen molar-refractivity contribution < 1.29 is 9.21 Å². The second kappa shape index (κ2) is 5.76. The van der Waals surface area contributed by atoms with Gasteiger partial charge in [-0.2, -0.15) is 0 Å². The molecule has 4 nitrogen and oxygen atoms in total. The summed E-state index contributed by atoms with van der Waals surface area (Å²) in [6, 6.07) is 13.9. The van der Waals surface area contributed by atoms with E-state index in [0.29, 0.717) is 12.3 Å². The van der Waals surface area contributed by atoms with Crippen molar-refractivity contribution in [3.63, 3.8) is 0 Å². The average molecular weight is 336 g/mol. The van der Waals surface area contributed by atoms with E-state index in [2.05, 4.69) is 10.3 Å². The van der Waals surface area contributed by atoms with Crippen molar-refractivity contribution in [2.45, 2.75) is 20.4 Å². The third-order valence-electron chi connectivity index (χ3n) is 4.04. The molecular weight excluding hydrogens is 320 g/mol. The van der Waals surface area contributed by atoms with Gasteiger partial charge in [0.1, 0.15) is 10.6 Å². The van der Waals surface area contributed by atoms with Crippen molar-refractivity contribution in [2.75, 3.05) is 0 Å². The summed E-state index contributed by atoms with van der Waals surface area (Å²) in [4.78, 5) is 17.0. The van der Waals surface area contributed by atoms with Crippen LogP contribution in [0, 0.1) is 13.8 Å². The summed E-state index contributed by atoms with van der Waals surface area (Å²) in [7, 11) is 0. The number of aromatic nitrogens is 1. The Kier molecular flexibility index (Phi) is 3.58. The first kappa shape index (κ1) is 14.9. The monoisotopic (exact) mass is 336 g/mol. The summed E-state index contributed by atoms with van der Waals surface area (Å²) >= 11 is 1.59. The molecule has 0 aliphatic rings. The van der Waals surface area contributed by atoms with Gasteiger partial charge in [0.2, 0.25) is 0 Å². The number of thiazole rings is 1. The predicted molar refractivity (Wildman–Crippen MR) is 96.5 cm³/mol. The summed E-state index contributed by atoms with van der Waals surface area (Å²) in [5.74, 6) is 0.164. The minimum Gasteiger partial charge on any atom is -0.451 e. The fraction of sp³-hybridized carbons (Fsp3) is 0.158. The quantitative estimate of drug-likeness (QED) is 0.595. The zero-order valence-electron chi connectivity index (χ0n) is 13.4. The van der Waals surface area contributed by atoms with Crippen LogP contribution in [0.3, 0.4) is 0 Å². The Labute approximate surface area is 143 Å². The van der Waals surface area contributed by atoms with Crippen LogP contribution in [0.1, 0.15) is 26.7 Å². The van der Waals surface area contributed by atoms with Gasteiger partial charge in [0.15, 0.2) is 5.76 Å². The fourth-order valence-corrected chi connectivity index (χ4v) is 3.69. The molecule has 5 heteroatoms. The first-order chi connectivity index (χ1) is 11.6. The van der Waals surface area contributed by atoms with Crippen LogP contribution < -0.4 is 5.32 Å². The van der Waals surface area contributed by atoms with Gasteiger partial charge in [-0.15, -0.1) is 11.3 Å². The number of amides is 1. The van der Waals surface area contributed by atoms with E-state index in [9.17, 15) is 4.79 Å². The van der Waals surface area contributed by atoms with Crippen molar-refractivity contribution in [3.05, 3.63) is 64.4 Å². The van der Waals surface area contributed by atoms with E-state index in [1.165, 1.54) is 0 Å². The number of nitrogens with one attached hydrogen (secondary N) is 1. The molecule has 1 N–H and O–H groups in total. The number of rotatable bonds is 3. The number of carbonyl (C=O) groups is 1. The molecule has 0 aliphatic heterocycles. The molecule has 0 spiro atoms. The Balaban J connectivity index is 1.56. The lowest BCUT2D eigenvalue weighted by Gasteiger charge is -2.00. The van der Waals surface area contributed by atoms with Gasteiger partial charge in [-0.05, 0) is 37.6 Å². The maximum absolute atomic E-state index is 12.5. The standard InChI is InChI=1S/C19H16N2O2S/c1-11-7-8-13-12(2)18(23-15(13)9-11)19(22)20-10-17-21-14-5-3-4-6-16(14)24-17/h3-9H,10H2,1-2H3,(H,20,22). The highest BCUT2D eigenvalue weighted by Crippen LogP contribution is 2.26. The zero-order chi connectivity index (χ0) is 16.7. The molecule has 24 heavy (non-hydrogen) atoms. The maximum Gasteiger partial charge on any atom is 0.287 e. The molecule has 0 unspecified atom stereocenters. The first-order valence-electron chi connectivity index (χ1n) is 7.74. The van der Waals surface area contributed by atoms with E-state index in [4.69, 9.17) is 4.42 Å². The molecule has 0 atom stereocenters. The molecule has 2 aromatic carbocycles. The molecule has 120 valence electrons. The zero-order valence-corrected chi connectivity index (χ0v) is 14.2. The summed E-state index contributed by atoms with van der Waals surface area (Å²) < 4.78 is 6.88. The van der Waals surface area contributed by atoms with Crippen molar-refractivity contribution >= 4 is 38.4 Å². The maximum atomic E-state index is 12.5. The lowest BCUT2D eigenvalue weighted by molar-refractivity contribution is 0.0924. The molecule has 0 radical (unpaired) electrons. The Hall–Kier alpha value is -2.66. The largest absolute Gasteiger partial charge is 0.451 e. The number of furan rings is 1. The number of fused-ring (bicyclic) bond motifs is 2. The normalized spacial score (nSPS) is 11.2. The number of carbonyl (C=O) groups excluding carboxylic acids is 1. The van der Waals surface area contributed by atoms with Crippen LogP contribution in [0.5, 0.6) is 0 Å². The molecular formula is C19H16N2O2S. The summed E-state index contributed by atoms with van der Waals surface area (Å²) in [6.45, 7) is 4.31. The number of para-hydroxylation sites is 1. The summed E-state index contributed by atoms with van der Waals surface area (Å²) in [5, 5.41) is 4.77. The van der Waals surface area contributed by atoms with E-state index >= 15 is 0 Å². The fourth-order valence-electron chi connectivity index (χ4n) is 2.78. The molecule has 2 aromatic heterocycles. The van der Waals surface area contributed by atoms with Crippen molar-refractivity contribution in [1.29, 1.82) is 0 Å². The van der Waals surface area contributed by atoms with Crippen LogP contribution in [0.2, 0.25) is 0 Å². The average Bonchev–Trinajstić information content (AvgIpc) is 3.13. The lowest BCUT2D eigenvalue weighted by atomic mass is 10.1. The second-order valence-electron chi connectivity index (χ2n) is 5.81. The minimum absolute atomic E-state index is 0.208. The second-order valence-corrected chi connectivity index (χ2v) is 6.93. The number of hydrogen-bond donors (Lipinski definition) is 1. The summed E-state index contributed by atoms with van der Waals surface area (Å²) in [5.41, 5.74) is 3.68. The van der Waals surface area contributed by atoms with Crippen molar-refractivity contribution in [1.82, 2.24) is 10.3 Å².